The molecule has 5 heteroatoms. The summed E-state index contributed by atoms with van der Waals surface area (Å²) in [6.07, 6.45) is 6.79. The topological polar surface area (TPSA) is 28.0 Å². The van der Waals surface area contributed by atoms with Gasteiger partial charge in [0.25, 0.3) is 0 Å². The van der Waals surface area contributed by atoms with Crippen molar-refractivity contribution in [1.29, 1.82) is 0 Å². The van der Waals surface area contributed by atoms with E-state index in [2.05, 4.69) is 72.7 Å². The minimum Gasteiger partial charge on any atom is -0.307 e. The third kappa shape index (κ3) is 3.43. The van der Waals surface area contributed by atoms with Crippen molar-refractivity contribution in [3.05, 3.63) is 60.2 Å². The fourth-order valence-corrected chi connectivity index (χ4v) is 4.60. The van der Waals surface area contributed by atoms with Crippen molar-refractivity contribution >= 4 is 58.1 Å². The first-order valence-corrected chi connectivity index (χ1v) is 10.1. The third-order valence-corrected chi connectivity index (χ3v) is 5.74. The fourth-order valence-electron chi connectivity index (χ4n) is 3.96. The number of thioether (sulfide) groups is 1. The average molecular weight is 477 g/mol. The van der Waals surface area contributed by atoms with E-state index in [1.54, 1.807) is 11.8 Å². The molecule has 0 atom stereocenters. The van der Waals surface area contributed by atoms with Gasteiger partial charge in [-0.1, -0.05) is 54.9 Å². The molecule has 0 unspecified atom stereocenters. The lowest BCUT2D eigenvalue weighted by molar-refractivity contribution is 0.592. The first kappa shape index (κ1) is 19.4. The van der Waals surface area contributed by atoms with Gasteiger partial charge in [0, 0.05) is 5.69 Å². The fraction of sp³-hybridized carbons (Fsp3) is 0.333. The van der Waals surface area contributed by atoms with Crippen LogP contribution in [0.25, 0.3) is 0 Å². The largest absolute Gasteiger partial charge is 0.307 e. The number of benzene rings is 2. The molecule has 0 radical (unpaired) electrons. The molecular formula is C21H24IN3S. The number of rotatable bonds is 2. The highest BCUT2D eigenvalue weighted by molar-refractivity contribution is 14.0. The molecule has 2 aliphatic rings. The minimum absolute atomic E-state index is 0. The van der Waals surface area contributed by atoms with Crippen molar-refractivity contribution in [2.45, 2.75) is 38.1 Å². The number of aliphatic imine (C=N–C) groups is 2. The van der Waals surface area contributed by atoms with Crippen molar-refractivity contribution in [2.24, 2.45) is 9.98 Å². The van der Waals surface area contributed by atoms with Crippen molar-refractivity contribution < 1.29 is 0 Å². The first-order chi connectivity index (χ1) is 12.2. The molecule has 3 nitrogen and oxygen atoms in total. The number of aryl methyl sites for hydroxylation is 1. The number of halogens is 1. The Morgan fingerprint density at radius 3 is 2.42 bits per heavy atom. The van der Waals surface area contributed by atoms with Crippen LogP contribution in [-0.2, 0) is 0 Å². The highest BCUT2D eigenvalue weighted by Crippen LogP contribution is 2.45. The van der Waals surface area contributed by atoms with Crippen molar-refractivity contribution in [3.63, 3.8) is 0 Å². The SMILES string of the molecule is CSC1=NC(=Nc2cccc(C)c2)C2(CCCC2)N1c1ccccc1.I. The normalized spacial score (nSPS) is 19.7. The van der Waals surface area contributed by atoms with Gasteiger partial charge in [-0.3, -0.25) is 0 Å². The van der Waals surface area contributed by atoms with Gasteiger partial charge in [0.1, 0.15) is 5.54 Å². The molecule has 1 fully saturated rings. The van der Waals surface area contributed by atoms with Crippen LogP contribution in [0.2, 0.25) is 0 Å². The van der Waals surface area contributed by atoms with Gasteiger partial charge in [0.15, 0.2) is 11.0 Å². The van der Waals surface area contributed by atoms with Crippen LogP contribution in [0.1, 0.15) is 31.2 Å². The van der Waals surface area contributed by atoms with Gasteiger partial charge in [0.2, 0.25) is 0 Å². The predicted molar refractivity (Wildman–Crippen MR) is 125 cm³/mol. The predicted octanol–water partition coefficient (Wildman–Crippen LogP) is 6.20. The summed E-state index contributed by atoms with van der Waals surface area (Å²) in [5.41, 5.74) is 3.35. The maximum atomic E-state index is 5.00. The minimum atomic E-state index is -0.0938. The summed E-state index contributed by atoms with van der Waals surface area (Å²) < 4.78 is 0. The number of hydrogen-bond donors (Lipinski definition) is 0. The Morgan fingerprint density at radius 1 is 1.04 bits per heavy atom. The standard InChI is InChI=1S/C21H23N3S.HI/c1-16-9-8-10-17(15-16)22-19-21(13-6-7-14-21)24(20(23-19)25-2)18-11-4-3-5-12-18;/h3-5,8-12,15H,6-7,13-14H2,1-2H3;1H. The van der Waals surface area contributed by atoms with Crippen LogP contribution in [0.15, 0.2) is 64.6 Å². The van der Waals surface area contributed by atoms with Crippen LogP contribution < -0.4 is 4.90 Å². The Morgan fingerprint density at radius 2 is 1.77 bits per heavy atom. The second kappa shape index (κ2) is 8.13. The molecule has 2 aromatic rings. The lowest BCUT2D eigenvalue weighted by Gasteiger charge is -2.36. The Kier molecular flexibility index (Phi) is 6.07. The molecule has 1 aliphatic heterocycles. The summed E-state index contributed by atoms with van der Waals surface area (Å²) in [6.45, 7) is 2.11. The monoisotopic (exact) mass is 477 g/mol. The second-order valence-electron chi connectivity index (χ2n) is 6.78. The zero-order valence-corrected chi connectivity index (χ0v) is 18.3. The molecule has 1 spiro atoms. The van der Waals surface area contributed by atoms with Crippen LogP contribution in [-0.4, -0.2) is 22.8 Å². The maximum absolute atomic E-state index is 5.00. The van der Waals surface area contributed by atoms with Gasteiger partial charge in [0.05, 0.1) is 5.69 Å². The van der Waals surface area contributed by atoms with Gasteiger partial charge in [-0.15, -0.1) is 24.0 Å². The van der Waals surface area contributed by atoms with Crippen LogP contribution in [0, 0.1) is 6.92 Å². The first-order valence-electron chi connectivity index (χ1n) is 8.87. The Bertz CT molecular complexity index is 826. The smallest absolute Gasteiger partial charge is 0.170 e. The molecule has 2 aromatic carbocycles. The molecule has 0 saturated heterocycles. The Labute approximate surface area is 177 Å². The zero-order valence-electron chi connectivity index (χ0n) is 15.2. The van der Waals surface area contributed by atoms with E-state index in [0.29, 0.717) is 0 Å². The molecule has 0 amide bonds. The van der Waals surface area contributed by atoms with Crippen LogP contribution >= 0.6 is 35.7 Å². The van der Waals surface area contributed by atoms with Crippen molar-refractivity contribution in [1.82, 2.24) is 0 Å². The molecule has 1 heterocycles. The molecule has 1 saturated carbocycles. The van der Waals surface area contributed by atoms with Gasteiger partial charge in [-0.05, 0) is 55.9 Å². The van der Waals surface area contributed by atoms with E-state index < -0.39 is 0 Å². The van der Waals surface area contributed by atoms with Crippen molar-refractivity contribution in [2.75, 3.05) is 11.2 Å². The third-order valence-electron chi connectivity index (χ3n) is 5.10. The highest BCUT2D eigenvalue weighted by atomic mass is 127. The lowest BCUT2D eigenvalue weighted by atomic mass is 9.94. The van der Waals surface area contributed by atoms with Gasteiger partial charge >= 0.3 is 0 Å². The molecule has 0 aromatic heterocycles. The molecule has 0 N–H and O–H groups in total. The van der Waals surface area contributed by atoms with E-state index in [1.807, 2.05) is 0 Å². The molecule has 136 valence electrons. The summed E-state index contributed by atoms with van der Waals surface area (Å²) in [7, 11) is 0. The lowest BCUT2D eigenvalue weighted by Crippen LogP contribution is -2.49. The Hall–Kier alpha value is -1.34. The Balaban J connectivity index is 0.00000196. The summed E-state index contributed by atoms with van der Waals surface area (Å²) in [6, 6.07) is 19.0. The van der Waals surface area contributed by atoms with Crippen molar-refractivity contribution in [3.8, 4) is 0 Å². The van der Waals surface area contributed by atoms with Crippen LogP contribution in [0.4, 0.5) is 11.4 Å². The summed E-state index contributed by atoms with van der Waals surface area (Å²) in [4.78, 5) is 12.4. The molecule has 4 rings (SSSR count). The van der Waals surface area contributed by atoms with Gasteiger partial charge < -0.3 is 4.90 Å². The summed E-state index contributed by atoms with van der Waals surface area (Å²) in [5.74, 6) is 0.976. The van der Waals surface area contributed by atoms with E-state index in [1.165, 1.54) is 24.1 Å². The number of nitrogens with zero attached hydrogens (tertiary/aromatic N) is 3. The second-order valence-corrected chi connectivity index (χ2v) is 7.56. The molecule has 1 aliphatic carbocycles. The molecule has 26 heavy (non-hydrogen) atoms. The number of amidine groups is 2. The van der Waals surface area contributed by atoms with E-state index >= 15 is 0 Å². The van der Waals surface area contributed by atoms with Crippen LogP contribution in [0.5, 0.6) is 0 Å². The van der Waals surface area contributed by atoms with E-state index in [-0.39, 0.29) is 29.5 Å². The number of para-hydroxylation sites is 1. The molecule has 0 bridgehead atoms. The maximum Gasteiger partial charge on any atom is 0.170 e. The highest BCUT2D eigenvalue weighted by Gasteiger charge is 2.50. The number of hydrogen-bond acceptors (Lipinski definition) is 3. The van der Waals surface area contributed by atoms with E-state index in [9.17, 15) is 0 Å². The summed E-state index contributed by atoms with van der Waals surface area (Å²) in [5, 5.41) is 1.06. The zero-order chi connectivity index (χ0) is 17.3. The quantitative estimate of drug-likeness (QED) is 0.482. The van der Waals surface area contributed by atoms with Gasteiger partial charge in [-0.2, -0.15) is 0 Å². The molecular weight excluding hydrogens is 453 g/mol. The van der Waals surface area contributed by atoms with Crippen LogP contribution in [0.3, 0.4) is 0 Å². The number of anilines is 1. The summed E-state index contributed by atoms with van der Waals surface area (Å²) >= 11 is 1.71. The van der Waals surface area contributed by atoms with E-state index in [4.69, 9.17) is 9.98 Å². The van der Waals surface area contributed by atoms with Gasteiger partial charge in [-0.25, -0.2) is 9.98 Å². The average Bonchev–Trinajstić information content (AvgIpc) is 3.22. The van der Waals surface area contributed by atoms with E-state index in [0.717, 1.165) is 29.5 Å².